The summed E-state index contributed by atoms with van der Waals surface area (Å²) >= 11 is 0. The predicted molar refractivity (Wildman–Crippen MR) is 110 cm³/mol. The highest BCUT2D eigenvalue weighted by Crippen LogP contribution is 2.29. The van der Waals surface area contributed by atoms with Crippen LogP contribution in [0.4, 0.5) is 11.6 Å². The molecule has 150 valence electrons. The van der Waals surface area contributed by atoms with Gasteiger partial charge in [-0.1, -0.05) is 18.2 Å². The second-order valence-corrected chi connectivity index (χ2v) is 5.95. The molecule has 0 atom stereocenters. The Hall–Kier alpha value is -3.81. The number of hydrogen-bond donors (Lipinski definition) is 2. The van der Waals surface area contributed by atoms with E-state index in [1.54, 1.807) is 32.4 Å². The van der Waals surface area contributed by atoms with E-state index in [4.69, 9.17) is 14.2 Å². The largest absolute Gasteiger partial charge is 0.497 e. The minimum atomic E-state index is -0.390. The van der Waals surface area contributed by atoms with Gasteiger partial charge in [-0.3, -0.25) is 4.79 Å². The lowest BCUT2D eigenvalue weighted by atomic mass is 10.2. The van der Waals surface area contributed by atoms with Gasteiger partial charge >= 0.3 is 0 Å². The van der Waals surface area contributed by atoms with E-state index in [2.05, 4.69) is 20.6 Å². The number of carbonyl (C=O) groups is 1. The Bertz CT molecular complexity index is 994. The summed E-state index contributed by atoms with van der Waals surface area (Å²) in [4.78, 5) is 21.1. The Morgan fingerprint density at radius 3 is 2.52 bits per heavy atom. The minimum absolute atomic E-state index is 0.215. The first-order valence-corrected chi connectivity index (χ1v) is 8.86. The highest BCUT2D eigenvalue weighted by Gasteiger charge is 2.13. The summed E-state index contributed by atoms with van der Waals surface area (Å²) in [5, 5.41) is 5.90. The van der Waals surface area contributed by atoms with E-state index in [-0.39, 0.29) is 11.6 Å². The van der Waals surface area contributed by atoms with Crippen LogP contribution < -0.4 is 24.8 Å². The molecule has 3 aromatic rings. The number of amides is 1. The quantitative estimate of drug-likeness (QED) is 0.605. The molecule has 2 N–H and O–H groups in total. The van der Waals surface area contributed by atoms with Gasteiger partial charge in [0, 0.05) is 24.4 Å². The molecule has 0 spiro atoms. The van der Waals surface area contributed by atoms with E-state index < -0.39 is 0 Å². The van der Waals surface area contributed by atoms with Gasteiger partial charge in [0.2, 0.25) is 5.95 Å². The fourth-order valence-corrected chi connectivity index (χ4v) is 2.69. The van der Waals surface area contributed by atoms with Gasteiger partial charge in [-0.2, -0.15) is 0 Å². The second-order valence-electron chi connectivity index (χ2n) is 5.95. The van der Waals surface area contributed by atoms with E-state index in [0.717, 1.165) is 11.3 Å². The molecular weight excluding hydrogens is 372 g/mol. The lowest BCUT2D eigenvalue weighted by molar-refractivity contribution is 0.102. The van der Waals surface area contributed by atoms with E-state index in [0.29, 0.717) is 29.7 Å². The molecule has 29 heavy (non-hydrogen) atoms. The third-order valence-electron chi connectivity index (χ3n) is 4.17. The molecule has 0 saturated carbocycles. The maximum absolute atomic E-state index is 12.7. The molecule has 1 aromatic heterocycles. The smallest absolute Gasteiger partial charge is 0.274 e. The van der Waals surface area contributed by atoms with Crippen LogP contribution in [0.2, 0.25) is 0 Å². The van der Waals surface area contributed by atoms with Gasteiger partial charge in [-0.15, -0.1) is 0 Å². The van der Waals surface area contributed by atoms with Crippen LogP contribution >= 0.6 is 0 Å². The van der Waals surface area contributed by atoms with E-state index in [1.165, 1.54) is 19.4 Å². The van der Waals surface area contributed by atoms with Gasteiger partial charge in [0.15, 0.2) is 0 Å². The Balaban J connectivity index is 1.73. The van der Waals surface area contributed by atoms with Crippen LogP contribution in [0.15, 0.2) is 54.7 Å². The van der Waals surface area contributed by atoms with Crippen molar-refractivity contribution < 1.29 is 19.0 Å². The van der Waals surface area contributed by atoms with Gasteiger partial charge in [0.1, 0.15) is 22.9 Å². The van der Waals surface area contributed by atoms with Gasteiger partial charge in [-0.05, 0) is 24.3 Å². The number of anilines is 2. The Labute approximate surface area is 168 Å². The van der Waals surface area contributed by atoms with Crippen molar-refractivity contribution in [2.24, 2.45) is 0 Å². The molecule has 0 radical (unpaired) electrons. The van der Waals surface area contributed by atoms with Crippen LogP contribution in [0.3, 0.4) is 0 Å². The van der Waals surface area contributed by atoms with Crippen LogP contribution in [-0.4, -0.2) is 37.2 Å². The topological polar surface area (TPSA) is 94.6 Å². The number of hydrogen-bond acceptors (Lipinski definition) is 7. The molecule has 1 heterocycles. The monoisotopic (exact) mass is 394 g/mol. The summed E-state index contributed by atoms with van der Waals surface area (Å²) in [6.07, 6.45) is 1.52. The highest BCUT2D eigenvalue weighted by atomic mass is 16.5. The van der Waals surface area contributed by atoms with Crippen molar-refractivity contribution in [2.75, 3.05) is 32.0 Å². The molecule has 8 heteroatoms. The van der Waals surface area contributed by atoms with Gasteiger partial charge in [0.25, 0.3) is 5.91 Å². The van der Waals surface area contributed by atoms with Crippen LogP contribution in [0.25, 0.3) is 0 Å². The molecule has 0 saturated heterocycles. The van der Waals surface area contributed by atoms with Crippen LogP contribution in [0.5, 0.6) is 17.2 Å². The first-order valence-electron chi connectivity index (χ1n) is 8.86. The Morgan fingerprint density at radius 1 is 0.966 bits per heavy atom. The Kier molecular flexibility index (Phi) is 6.47. The fraction of sp³-hybridized carbons (Fsp3) is 0.190. The molecular formula is C21H22N4O4. The summed E-state index contributed by atoms with van der Waals surface area (Å²) < 4.78 is 15.8. The zero-order valence-electron chi connectivity index (χ0n) is 16.4. The molecule has 8 nitrogen and oxygen atoms in total. The fourth-order valence-electron chi connectivity index (χ4n) is 2.69. The van der Waals surface area contributed by atoms with Crippen molar-refractivity contribution in [2.45, 2.75) is 6.54 Å². The first kappa shape index (κ1) is 19.9. The number of ether oxygens (including phenoxy) is 3. The Morgan fingerprint density at radius 2 is 1.76 bits per heavy atom. The number of methoxy groups -OCH3 is 3. The number of carbonyl (C=O) groups excluding carboxylic acids is 1. The summed E-state index contributed by atoms with van der Waals surface area (Å²) in [7, 11) is 4.70. The van der Waals surface area contributed by atoms with Crippen LogP contribution in [0.1, 0.15) is 16.1 Å². The minimum Gasteiger partial charge on any atom is -0.497 e. The lowest BCUT2D eigenvalue weighted by Crippen LogP contribution is -2.16. The number of para-hydroxylation sites is 1. The predicted octanol–water partition coefficient (Wildman–Crippen LogP) is 3.37. The zero-order valence-corrected chi connectivity index (χ0v) is 16.4. The third-order valence-corrected chi connectivity index (χ3v) is 4.17. The summed E-state index contributed by atoms with van der Waals surface area (Å²) in [5.41, 5.74) is 1.65. The number of aromatic nitrogens is 2. The van der Waals surface area contributed by atoms with E-state index in [9.17, 15) is 4.79 Å². The molecule has 2 aromatic carbocycles. The SMILES string of the molecule is COc1ccc(OC)c(NC(=O)c2ccnc(NCc3ccccc3OC)n2)c1. The van der Waals surface area contributed by atoms with Crippen molar-refractivity contribution in [1.82, 2.24) is 9.97 Å². The highest BCUT2D eigenvalue weighted by molar-refractivity contribution is 6.03. The molecule has 0 aliphatic rings. The normalized spacial score (nSPS) is 10.2. The molecule has 0 aliphatic heterocycles. The molecule has 1 amide bonds. The van der Waals surface area contributed by atoms with Crippen molar-refractivity contribution in [1.29, 1.82) is 0 Å². The second kappa shape index (κ2) is 9.41. The van der Waals surface area contributed by atoms with Gasteiger partial charge < -0.3 is 24.8 Å². The van der Waals surface area contributed by atoms with E-state index >= 15 is 0 Å². The molecule has 0 unspecified atom stereocenters. The summed E-state index contributed by atoms with van der Waals surface area (Å²) in [6.45, 7) is 0.457. The van der Waals surface area contributed by atoms with Crippen molar-refractivity contribution in [3.8, 4) is 17.2 Å². The zero-order chi connectivity index (χ0) is 20.6. The van der Waals surface area contributed by atoms with Gasteiger partial charge in [-0.25, -0.2) is 9.97 Å². The number of nitrogens with one attached hydrogen (secondary N) is 2. The summed E-state index contributed by atoms with van der Waals surface area (Å²) in [6, 6.07) is 14.3. The third kappa shape index (κ3) is 4.92. The summed E-state index contributed by atoms with van der Waals surface area (Å²) in [5.74, 6) is 1.82. The molecule has 0 bridgehead atoms. The van der Waals surface area contributed by atoms with Crippen molar-refractivity contribution >= 4 is 17.5 Å². The average molecular weight is 394 g/mol. The van der Waals surface area contributed by atoms with E-state index in [1.807, 2.05) is 24.3 Å². The standard InChI is InChI=1S/C21H22N4O4/c1-27-15-8-9-19(29-3)17(12-15)24-20(26)16-10-11-22-21(25-16)23-13-14-6-4-5-7-18(14)28-2/h4-12H,13H2,1-3H3,(H,24,26)(H,22,23,25). The molecule has 0 fully saturated rings. The number of nitrogens with zero attached hydrogens (tertiary/aromatic N) is 2. The van der Waals surface area contributed by atoms with Crippen LogP contribution in [0, 0.1) is 0 Å². The maximum atomic E-state index is 12.7. The average Bonchev–Trinajstić information content (AvgIpc) is 2.77. The van der Waals surface area contributed by atoms with Crippen LogP contribution in [-0.2, 0) is 6.54 Å². The van der Waals surface area contributed by atoms with Gasteiger partial charge in [0.05, 0.1) is 27.0 Å². The maximum Gasteiger partial charge on any atom is 0.274 e. The molecule has 3 rings (SSSR count). The number of benzene rings is 2. The van der Waals surface area contributed by atoms with Crippen molar-refractivity contribution in [3.05, 3.63) is 66.0 Å². The molecule has 0 aliphatic carbocycles. The first-order chi connectivity index (χ1) is 14.1. The lowest BCUT2D eigenvalue weighted by Gasteiger charge is -2.12. The van der Waals surface area contributed by atoms with Crippen molar-refractivity contribution in [3.63, 3.8) is 0 Å². The number of rotatable bonds is 8.